The van der Waals surface area contributed by atoms with Crippen LogP contribution in [0.15, 0.2) is 12.7 Å². The molecule has 0 bridgehead atoms. The third kappa shape index (κ3) is 237000. The fraction of sp³-hybridized carbons (Fsp3) is 0.250. The van der Waals surface area contributed by atoms with E-state index in [1.165, 1.54) is 0 Å². The van der Waals surface area contributed by atoms with Crippen LogP contribution in [0, 0.1) is 0 Å². The first-order valence-corrected chi connectivity index (χ1v) is 2.56. The van der Waals surface area contributed by atoms with E-state index < -0.39 is 0 Å². The van der Waals surface area contributed by atoms with Crippen molar-refractivity contribution in [2.24, 2.45) is 5.73 Å². The van der Waals surface area contributed by atoms with Crippen LogP contribution in [0.1, 0.15) is 6.92 Å². The summed E-state index contributed by atoms with van der Waals surface area (Å²) in [4.78, 5) is 0. The van der Waals surface area contributed by atoms with Gasteiger partial charge >= 0.3 is 0 Å². The topological polar surface area (TPSA) is 26.0 Å². The predicted octanol–water partition coefficient (Wildman–Crippen LogP) is 1.35. The summed E-state index contributed by atoms with van der Waals surface area (Å²) in [7, 11) is 0. The second-order valence-corrected chi connectivity index (χ2v) is 1.97. The molecule has 0 heterocycles. The van der Waals surface area contributed by atoms with Crippen molar-refractivity contribution in [2.75, 3.05) is 0 Å². The molecule has 0 amide bonds. The first-order valence-electron chi connectivity index (χ1n) is 1.70. The van der Waals surface area contributed by atoms with Gasteiger partial charge in [-0.25, -0.2) is 0 Å². The molecule has 0 saturated heterocycles. The van der Waals surface area contributed by atoms with Crippen molar-refractivity contribution in [1.82, 2.24) is 0 Å². The van der Waals surface area contributed by atoms with Gasteiger partial charge in [-0.2, -0.15) is 0 Å². The lowest BCUT2D eigenvalue weighted by molar-refractivity contribution is 1.80. The molecule has 0 saturated carbocycles. The summed E-state index contributed by atoms with van der Waals surface area (Å²) in [6, 6.07) is 0. The Kier molecular flexibility index (Phi) is 13.5. The molecular weight excluding hydrogens is 126 g/mol. The van der Waals surface area contributed by atoms with Gasteiger partial charge in [-0.05, 0) is 6.92 Å². The van der Waals surface area contributed by atoms with Gasteiger partial charge in [0.05, 0.1) is 0 Å². The summed E-state index contributed by atoms with van der Waals surface area (Å²) < 4.78 is 0.194. The first-order chi connectivity index (χ1) is 3.15. The molecule has 0 aromatic heterocycles. The van der Waals surface area contributed by atoms with Gasteiger partial charge in [0.1, 0.15) is 4.32 Å². The van der Waals surface area contributed by atoms with Crippen LogP contribution < -0.4 is 5.73 Å². The highest BCUT2D eigenvalue weighted by molar-refractivity contribution is 8.10. The Morgan fingerprint density at radius 2 is 2.00 bits per heavy atom. The Hall–Kier alpha value is -0.0200. The molecule has 1 nitrogen and oxygen atoms in total. The summed E-state index contributed by atoms with van der Waals surface area (Å²) in [5.74, 6) is 0. The number of hydrogen-bond acceptors (Lipinski definition) is 1. The molecule has 0 aliphatic rings. The van der Waals surface area contributed by atoms with Gasteiger partial charge in [0.25, 0.3) is 0 Å². The monoisotopic (exact) mass is 135 g/mol. The van der Waals surface area contributed by atoms with E-state index in [0.717, 1.165) is 0 Å². The second-order valence-electron chi connectivity index (χ2n) is 0.746. The van der Waals surface area contributed by atoms with Gasteiger partial charge in [0.15, 0.2) is 0 Å². The number of thiocarbonyl (C=S) groups is 1. The van der Waals surface area contributed by atoms with Gasteiger partial charge in [-0.15, -0.1) is 19.2 Å². The zero-order chi connectivity index (χ0) is 6.28. The lowest BCUT2D eigenvalue weighted by atomic mass is 10.8. The van der Waals surface area contributed by atoms with Crippen LogP contribution in [0.5, 0.6) is 0 Å². The van der Waals surface area contributed by atoms with Gasteiger partial charge in [0.2, 0.25) is 0 Å². The molecule has 0 rings (SSSR count). The molecule has 0 atom stereocenters. The molecular formula is C4H9NS2. The number of rotatable bonds is 0. The minimum Gasteiger partial charge on any atom is -0.385 e. The van der Waals surface area contributed by atoms with E-state index in [2.05, 4.69) is 31.4 Å². The largest absolute Gasteiger partial charge is 0.385 e. The van der Waals surface area contributed by atoms with Crippen LogP contribution in [-0.2, 0) is 0 Å². The summed E-state index contributed by atoms with van der Waals surface area (Å²) in [5.41, 5.74) is 4.71. The Balaban J connectivity index is 0. The third-order valence-electron chi connectivity index (χ3n) is 0. The fourth-order valence-corrected chi connectivity index (χ4v) is 0. The number of allylic oxidation sites excluding steroid dienone is 1. The van der Waals surface area contributed by atoms with Crippen molar-refractivity contribution in [2.45, 2.75) is 6.92 Å². The number of thiol groups is 1. The van der Waals surface area contributed by atoms with E-state index in [4.69, 9.17) is 5.73 Å². The predicted molar refractivity (Wildman–Crippen MR) is 41.6 cm³/mol. The Labute approximate surface area is 55.0 Å². The average molecular weight is 135 g/mol. The molecule has 2 N–H and O–H groups in total. The van der Waals surface area contributed by atoms with Crippen molar-refractivity contribution in [3.63, 3.8) is 0 Å². The normalized spacial score (nSPS) is 5.43. The standard InChI is InChI=1S/C3H6.CH3NS2/c1-3-2;2-1(3)4/h3H,1H2,2H3;(H3,2,3,4). The van der Waals surface area contributed by atoms with E-state index in [0.29, 0.717) is 0 Å². The summed E-state index contributed by atoms with van der Waals surface area (Å²) in [6.45, 7) is 5.25. The summed E-state index contributed by atoms with van der Waals surface area (Å²) >= 11 is 7.65. The molecule has 0 spiro atoms. The van der Waals surface area contributed by atoms with Gasteiger partial charge in [-0.3, -0.25) is 0 Å². The average Bonchev–Trinajstić information content (AvgIpc) is 1.33. The molecule has 0 fully saturated rings. The number of hydrogen-bond donors (Lipinski definition) is 2. The molecule has 0 unspecified atom stereocenters. The Morgan fingerprint density at radius 1 is 2.00 bits per heavy atom. The highest BCUT2D eigenvalue weighted by atomic mass is 32.1. The smallest absolute Gasteiger partial charge is 0.128 e. The van der Waals surface area contributed by atoms with Crippen LogP contribution in [0.4, 0.5) is 0 Å². The highest BCUT2D eigenvalue weighted by Crippen LogP contribution is 1.63. The van der Waals surface area contributed by atoms with Crippen molar-refractivity contribution >= 4 is 29.2 Å². The molecule has 3 heteroatoms. The van der Waals surface area contributed by atoms with Crippen molar-refractivity contribution in [3.05, 3.63) is 12.7 Å². The summed E-state index contributed by atoms with van der Waals surface area (Å²) in [6.07, 6.45) is 1.75. The third-order valence-corrected chi connectivity index (χ3v) is 0. The first kappa shape index (κ1) is 10.1. The van der Waals surface area contributed by atoms with Crippen molar-refractivity contribution < 1.29 is 0 Å². The maximum Gasteiger partial charge on any atom is 0.128 e. The maximum absolute atomic E-state index is 4.71. The quantitative estimate of drug-likeness (QED) is 0.298. The summed E-state index contributed by atoms with van der Waals surface area (Å²) in [5, 5.41) is 0. The fourth-order valence-electron chi connectivity index (χ4n) is 0. The van der Waals surface area contributed by atoms with Gasteiger partial charge in [-0.1, -0.05) is 18.3 Å². The lowest BCUT2D eigenvalue weighted by Gasteiger charge is -1.64. The number of nitrogens with two attached hydrogens (primary N) is 1. The van der Waals surface area contributed by atoms with Crippen LogP contribution >= 0.6 is 24.8 Å². The Bertz CT molecular complexity index is 56.7. The zero-order valence-electron chi connectivity index (χ0n) is 4.22. The molecule has 0 aromatic rings. The maximum atomic E-state index is 4.71. The SMILES string of the molecule is C=CC.NC(=S)S. The van der Waals surface area contributed by atoms with Crippen molar-refractivity contribution in [3.8, 4) is 0 Å². The van der Waals surface area contributed by atoms with E-state index in [-0.39, 0.29) is 4.32 Å². The minimum absolute atomic E-state index is 0.194. The van der Waals surface area contributed by atoms with Crippen LogP contribution in [0.25, 0.3) is 0 Å². The minimum atomic E-state index is 0.194. The van der Waals surface area contributed by atoms with Crippen LogP contribution in [0.3, 0.4) is 0 Å². The van der Waals surface area contributed by atoms with Crippen LogP contribution in [0.2, 0.25) is 0 Å². The lowest BCUT2D eigenvalue weighted by Crippen LogP contribution is -1.94. The van der Waals surface area contributed by atoms with E-state index in [1.54, 1.807) is 6.08 Å². The molecule has 0 aliphatic carbocycles. The van der Waals surface area contributed by atoms with Crippen LogP contribution in [-0.4, -0.2) is 4.32 Å². The molecule has 0 radical (unpaired) electrons. The molecule has 0 aromatic carbocycles. The van der Waals surface area contributed by atoms with E-state index >= 15 is 0 Å². The molecule has 42 valence electrons. The van der Waals surface area contributed by atoms with Gasteiger partial charge in [0, 0.05) is 0 Å². The second kappa shape index (κ2) is 9.36. The molecule has 0 aliphatic heterocycles. The Morgan fingerprint density at radius 3 is 2.00 bits per heavy atom. The van der Waals surface area contributed by atoms with Crippen molar-refractivity contribution in [1.29, 1.82) is 0 Å². The van der Waals surface area contributed by atoms with E-state index in [1.807, 2.05) is 6.92 Å². The molecule has 7 heavy (non-hydrogen) atoms. The van der Waals surface area contributed by atoms with Gasteiger partial charge < -0.3 is 5.73 Å². The van der Waals surface area contributed by atoms with E-state index in [9.17, 15) is 0 Å². The highest BCUT2D eigenvalue weighted by Gasteiger charge is 1.55. The zero-order valence-corrected chi connectivity index (χ0v) is 5.93.